The SMILES string of the molecule is CC(C)C(C)Nc1cc2c(cc1N)OCC(=O)N2. The second-order valence-electron chi connectivity index (χ2n) is 4.95. The van der Waals surface area contributed by atoms with Gasteiger partial charge in [0.1, 0.15) is 5.75 Å². The van der Waals surface area contributed by atoms with E-state index in [1.54, 1.807) is 6.07 Å². The maximum atomic E-state index is 11.3. The number of amides is 1. The van der Waals surface area contributed by atoms with E-state index in [0.717, 1.165) is 5.69 Å². The van der Waals surface area contributed by atoms with Gasteiger partial charge in [-0.1, -0.05) is 13.8 Å². The normalized spacial score (nSPS) is 15.7. The predicted octanol–water partition coefficient (Wildman–Crippen LogP) is 2.06. The number of ether oxygens (including phenoxy) is 1. The molecule has 1 amide bonds. The molecule has 1 aromatic carbocycles. The number of nitrogens with two attached hydrogens (primary N) is 1. The topological polar surface area (TPSA) is 76.4 Å². The van der Waals surface area contributed by atoms with Crippen LogP contribution < -0.4 is 21.1 Å². The lowest BCUT2D eigenvalue weighted by Crippen LogP contribution is -2.26. The van der Waals surface area contributed by atoms with Gasteiger partial charge in [0.05, 0.1) is 17.1 Å². The van der Waals surface area contributed by atoms with Gasteiger partial charge in [0.2, 0.25) is 0 Å². The number of anilines is 3. The summed E-state index contributed by atoms with van der Waals surface area (Å²) < 4.78 is 5.30. The summed E-state index contributed by atoms with van der Waals surface area (Å²) in [6, 6.07) is 3.86. The van der Waals surface area contributed by atoms with Crippen molar-refractivity contribution in [2.75, 3.05) is 23.0 Å². The molecule has 0 saturated carbocycles. The second-order valence-corrected chi connectivity index (χ2v) is 4.95. The maximum absolute atomic E-state index is 11.3. The highest BCUT2D eigenvalue weighted by Crippen LogP contribution is 2.35. The molecule has 4 N–H and O–H groups in total. The number of nitrogens with one attached hydrogen (secondary N) is 2. The highest BCUT2D eigenvalue weighted by atomic mass is 16.5. The monoisotopic (exact) mass is 249 g/mol. The summed E-state index contributed by atoms with van der Waals surface area (Å²) >= 11 is 0. The minimum Gasteiger partial charge on any atom is -0.482 e. The summed E-state index contributed by atoms with van der Waals surface area (Å²) in [5.74, 6) is 0.969. The molecule has 1 heterocycles. The molecule has 0 aliphatic carbocycles. The van der Waals surface area contributed by atoms with E-state index in [4.69, 9.17) is 10.5 Å². The Balaban J connectivity index is 2.26. The fraction of sp³-hybridized carbons (Fsp3) is 0.462. The molecule has 0 spiro atoms. The molecule has 5 nitrogen and oxygen atoms in total. The number of hydrogen-bond acceptors (Lipinski definition) is 4. The molecule has 1 atom stereocenters. The Morgan fingerprint density at radius 1 is 1.39 bits per heavy atom. The molecule has 1 aliphatic rings. The third kappa shape index (κ3) is 2.50. The highest BCUT2D eigenvalue weighted by molar-refractivity contribution is 5.97. The minimum absolute atomic E-state index is 0.0433. The van der Waals surface area contributed by atoms with Gasteiger partial charge in [0.25, 0.3) is 5.91 Å². The van der Waals surface area contributed by atoms with Gasteiger partial charge in [-0.2, -0.15) is 0 Å². The number of hydrogen-bond donors (Lipinski definition) is 3. The van der Waals surface area contributed by atoms with Crippen molar-refractivity contribution in [2.45, 2.75) is 26.8 Å². The summed E-state index contributed by atoms with van der Waals surface area (Å²) in [4.78, 5) is 11.3. The molecule has 1 aromatic rings. The third-order valence-electron chi connectivity index (χ3n) is 3.17. The van der Waals surface area contributed by atoms with Crippen LogP contribution in [0.15, 0.2) is 12.1 Å². The van der Waals surface area contributed by atoms with Crippen LogP contribution in [-0.4, -0.2) is 18.6 Å². The third-order valence-corrected chi connectivity index (χ3v) is 3.17. The van der Waals surface area contributed by atoms with E-state index >= 15 is 0 Å². The fourth-order valence-corrected chi connectivity index (χ4v) is 1.68. The molecule has 98 valence electrons. The first-order valence-electron chi connectivity index (χ1n) is 6.10. The van der Waals surface area contributed by atoms with Crippen LogP contribution in [-0.2, 0) is 4.79 Å². The second kappa shape index (κ2) is 4.76. The Hall–Kier alpha value is -1.91. The highest BCUT2D eigenvalue weighted by Gasteiger charge is 2.18. The van der Waals surface area contributed by atoms with Crippen molar-refractivity contribution in [2.24, 2.45) is 5.92 Å². The zero-order valence-corrected chi connectivity index (χ0v) is 10.9. The van der Waals surface area contributed by atoms with Gasteiger partial charge >= 0.3 is 0 Å². The molecule has 2 rings (SSSR count). The Kier molecular flexibility index (Phi) is 3.32. The fourth-order valence-electron chi connectivity index (χ4n) is 1.68. The van der Waals surface area contributed by atoms with E-state index in [9.17, 15) is 4.79 Å². The van der Waals surface area contributed by atoms with Gasteiger partial charge in [-0.05, 0) is 18.9 Å². The zero-order chi connectivity index (χ0) is 13.3. The van der Waals surface area contributed by atoms with Crippen LogP contribution >= 0.6 is 0 Å². The van der Waals surface area contributed by atoms with E-state index in [2.05, 4.69) is 31.4 Å². The van der Waals surface area contributed by atoms with Crippen molar-refractivity contribution >= 4 is 23.0 Å². The summed E-state index contributed by atoms with van der Waals surface area (Å²) in [5.41, 5.74) is 8.08. The molecule has 1 unspecified atom stereocenters. The smallest absolute Gasteiger partial charge is 0.262 e. The predicted molar refractivity (Wildman–Crippen MR) is 72.9 cm³/mol. The molecule has 0 aromatic heterocycles. The zero-order valence-electron chi connectivity index (χ0n) is 10.9. The van der Waals surface area contributed by atoms with Crippen LogP contribution in [0.3, 0.4) is 0 Å². The summed E-state index contributed by atoms with van der Waals surface area (Å²) in [6.45, 7) is 6.41. The first-order valence-corrected chi connectivity index (χ1v) is 6.10. The quantitative estimate of drug-likeness (QED) is 0.717. The average molecular weight is 249 g/mol. The van der Waals surface area contributed by atoms with Gasteiger partial charge in [0, 0.05) is 12.1 Å². The molecule has 5 heteroatoms. The number of benzene rings is 1. The lowest BCUT2D eigenvalue weighted by molar-refractivity contribution is -0.118. The molecule has 0 fully saturated rings. The Bertz CT molecular complexity index is 472. The van der Waals surface area contributed by atoms with Gasteiger partial charge in [-0.15, -0.1) is 0 Å². The van der Waals surface area contributed by atoms with E-state index in [1.165, 1.54) is 0 Å². The maximum Gasteiger partial charge on any atom is 0.262 e. The molecule has 0 bridgehead atoms. The largest absolute Gasteiger partial charge is 0.482 e. The lowest BCUT2D eigenvalue weighted by Gasteiger charge is -2.23. The van der Waals surface area contributed by atoms with E-state index in [1.807, 2.05) is 6.07 Å². The van der Waals surface area contributed by atoms with Crippen molar-refractivity contribution in [3.8, 4) is 5.75 Å². The summed E-state index contributed by atoms with van der Waals surface area (Å²) in [5, 5.41) is 6.11. The number of rotatable bonds is 3. The molecule has 18 heavy (non-hydrogen) atoms. The van der Waals surface area contributed by atoms with Crippen molar-refractivity contribution < 1.29 is 9.53 Å². The molecular formula is C13H19N3O2. The van der Waals surface area contributed by atoms with Crippen molar-refractivity contribution in [1.29, 1.82) is 0 Å². The lowest BCUT2D eigenvalue weighted by atomic mass is 10.1. The van der Waals surface area contributed by atoms with Gasteiger partial charge in [-0.25, -0.2) is 0 Å². The number of nitrogen functional groups attached to an aromatic ring is 1. The van der Waals surface area contributed by atoms with Crippen LogP contribution in [0, 0.1) is 5.92 Å². The van der Waals surface area contributed by atoms with Crippen LogP contribution in [0.2, 0.25) is 0 Å². The van der Waals surface area contributed by atoms with Crippen LogP contribution in [0.1, 0.15) is 20.8 Å². The summed E-state index contributed by atoms with van der Waals surface area (Å²) in [7, 11) is 0. The number of fused-ring (bicyclic) bond motifs is 1. The summed E-state index contributed by atoms with van der Waals surface area (Å²) in [6.07, 6.45) is 0. The number of carbonyl (C=O) groups is 1. The van der Waals surface area contributed by atoms with Gasteiger partial charge in [0.15, 0.2) is 6.61 Å². The molecular weight excluding hydrogens is 230 g/mol. The van der Waals surface area contributed by atoms with E-state index in [-0.39, 0.29) is 12.5 Å². The Morgan fingerprint density at radius 3 is 2.78 bits per heavy atom. The first-order chi connectivity index (χ1) is 8.47. The number of carbonyl (C=O) groups excluding carboxylic acids is 1. The van der Waals surface area contributed by atoms with Crippen molar-refractivity contribution in [1.82, 2.24) is 0 Å². The van der Waals surface area contributed by atoms with Gasteiger partial charge < -0.3 is 21.1 Å². The molecule has 0 radical (unpaired) electrons. The molecule has 0 saturated heterocycles. The van der Waals surface area contributed by atoms with Gasteiger partial charge in [-0.3, -0.25) is 4.79 Å². The van der Waals surface area contributed by atoms with Crippen LogP contribution in [0.4, 0.5) is 17.1 Å². The molecule has 1 aliphatic heterocycles. The Labute approximate surface area is 107 Å². The Morgan fingerprint density at radius 2 is 2.11 bits per heavy atom. The average Bonchev–Trinajstić information content (AvgIpc) is 2.30. The van der Waals surface area contributed by atoms with Crippen LogP contribution in [0.25, 0.3) is 0 Å². The first kappa shape index (κ1) is 12.5. The van der Waals surface area contributed by atoms with Crippen LogP contribution in [0.5, 0.6) is 5.75 Å². The van der Waals surface area contributed by atoms with Crippen molar-refractivity contribution in [3.63, 3.8) is 0 Å². The van der Waals surface area contributed by atoms with E-state index < -0.39 is 0 Å². The minimum atomic E-state index is -0.143. The standard InChI is InChI=1S/C13H19N3O2/c1-7(2)8(3)15-10-5-11-12(4-9(10)14)18-6-13(17)16-11/h4-5,7-8,15H,6,14H2,1-3H3,(H,16,17). The van der Waals surface area contributed by atoms with E-state index in [0.29, 0.717) is 29.1 Å². The van der Waals surface area contributed by atoms with Crippen molar-refractivity contribution in [3.05, 3.63) is 12.1 Å².